The molecule has 0 aromatic heterocycles. The van der Waals surface area contributed by atoms with Crippen LogP contribution in [0.1, 0.15) is 19.4 Å². The van der Waals surface area contributed by atoms with Crippen LogP contribution in [0.4, 0.5) is 10.1 Å². The minimum Gasteiger partial charge on any atom is -0.496 e. The van der Waals surface area contributed by atoms with E-state index in [1.807, 2.05) is 0 Å². The molecule has 0 unspecified atom stereocenters. The average Bonchev–Trinajstić information content (AvgIpc) is 2.82. The van der Waals surface area contributed by atoms with Gasteiger partial charge >= 0.3 is 0 Å². The summed E-state index contributed by atoms with van der Waals surface area (Å²) in [6.45, 7) is 4.12. The molecule has 0 aliphatic carbocycles. The van der Waals surface area contributed by atoms with Crippen LogP contribution in [0.15, 0.2) is 71.6 Å². The number of methoxy groups -OCH3 is 1. The zero-order valence-corrected chi connectivity index (χ0v) is 20.1. The second-order valence-electron chi connectivity index (χ2n) is 7.34. The molecule has 0 radical (unpaired) electrons. The third-order valence-electron chi connectivity index (χ3n) is 5.15. The van der Waals surface area contributed by atoms with Crippen LogP contribution in [0.2, 0.25) is 0 Å². The first-order valence-corrected chi connectivity index (χ1v) is 12.2. The van der Waals surface area contributed by atoms with Crippen LogP contribution in [0, 0.1) is 5.82 Å². The molecule has 0 bridgehead atoms. The zero-order chi connectivity index (χ0) is 24.7. The van der Waals surface area contributed by atoms with Crippen LogP contribution in [-0.2, 0) is 21.2 Å². The highest BCUT2D eigenvalue weighted by Crippen LogP contribution is 2.33. The van der Waals surface area contributed by atoms with Crippen LogP contribution in [0.5, 0.6) is 17.2 Å². The molecule has 0 saturated carbocycles. The number of carbonyl (C=O) groups is 1. The number of halogens is 1. The minimum atomic E-state index is -3.77. The number of hydrogen-bond acceptors (Lipinski definition) is 5. The van der Waals surface area contributed by atoms with Crippen molar-refractivity contribution in [1.82, 2.24) is 4.31 Å². The number of ether oxygens (including phenoxy) is 2. The Hall–Kier alpha value is -3.43. The summed E-state index contributed by atoms with van der Waals surface area (Å²) in [5, 5.41) is 2.75. The highest BCUT2D eigenvalue weighted by Gasteiger charge is 2.24. The Balaban J connectivity index is 1.96. The number of anilines is 1. The molecule has 0 atom stereocenters. The number of nitrogens with one attached hydrogen (secondary N) is 1. The van der Waals surface area contributed by atoms with E-state index >= 15 is 0 Å². The van der Waals surface area contributed by atoms with Gasteiger partial charge in [-0.25, -0.2) is 12.8 Å². The van der Waals surface area contributed by atoms with Gasteiger partial charge in [0.2, 0.25) is 15.9 Å². The lowest BCUT2D eigenvalue weighted by Gasteiger charge is -2.20. The van der Waals surface area contributed by atoms with Crippen molar-refractivity contribution in [3.8, 4) is 17.2 Å². The van der Waals surface area contributed by atoms with E-state index < -0.39 is 15.8 Å². The molecule has 0 spiro atoms. The maximum absolute atomic E-state index is 13.3. The number of rotatable bonds is 10. The summed E-state index contributed by atoms with van der Waals surface area (Å²) in [5.74, 6) is 0.321. The minimum absolute atomic E-state index is 0.00697. The Bertz CT molecular complexity index is 1240. The highest BCUT2D eigenvalue weighted by atomic mass is 32.2. The van der Waals surface area contributed by atoms with E-state index in [2.05, 4.69) is 5.32 Å². The first kappa shape index (κ1) is 25.2. The molecule has 1 N–H and O–H groups in total. The molecule has 34 heavy (non-hydrogen) atoms. The summed E-state index contributed by atoms with van der Waals surface area (Å²) in [4.78, 5) is 12.9. The van der Waals surface area contributed by atoms with Gasteiger partial charge in [0.1, 0.15) is 17.3 Å². The van der Waals surface area contributed by atoms with Crippen molar-refractivity contribution in [3.05, 3.63) is 78.1 Å². The van der Waals surface area contributed by atoms with Crippen LogP contribution in [0.25, 0.3) is 0 Å². The molecule has 0 aliphatic rings. The summed E-state index contributed by atoms with van der Waals surface area (Å²) in [7, 11) is -2.25. The van der Waals surface area contributed by atoms with Crippen molar-refractivity contribution < 1.29 is 27.1 Å². The van der Waals surface area contributed by atoms with Gasteiger partial charge in [-0.15, -0.1) is 0 Å². The molecule has 0 saturated heterocycles. The highest BCUT2D eigenvalue weighted by molar-refractivity contribution is 7.89. The first-order valence-electron chi connectivity index (χ1n) is 10.8. The number of benzene rings is 3. The summed E-state index contributed by atoms with van der Waals surface area (Å²) in [6.07, 6.45) is 0.00697. The molecule has 9 heteroatoms. The smallest absolute Gasteiger partial charge is 0.243 e. The van der Waals surface area contributed by atoms with Gasteiger partial charge in [0.15, 0.2) is 5.75 Å². The molecular formula is C25H27FN2O5S. The summed E-state index contributed by atoms with van der Waals surface area (Å²) < 4.78 is 51.8. The van der Waals surface area contributed by atoms with Crippen molar-refractivity contribution in [1.29, 1.82) is 0 Å². The fraction of sp³-hybridized carbons (Fsp3) is 0.240. The van der Waals surface area contributed by atoms with E-state index in [0.717, 1.165) is 0 Å². The third-order valence-corrected chi connectivity index (χ3v) is 7.20. The lowest BCUT2D eigenvalue weighted by molar-refractivity contribution is -0.115. The van der Waals surface area contributed by atoms with Gasteiger partial charge < -0.3 is 14.8 Å². The monoisotopic (exact) mass is 486 g/mol. The molecular weight excluding hydrogens is 459 g/mol. The van der Waals surface area contributed by atoms with Crippen LogP contribution < -0.4 is 14.8 Å². The fourth-order valence-corrected chi connectivity index (χ4v) is 4.90. The third kappa shape index (κ3) is 5.92. The summed E-state index contributed by atoms with van der Waals surface area (Å²) in [5.41, 5.74) is 0.855. The van der Waals surface area contributed by atoms with Crippen molar-refractivity contribution in [2.75, 3.05) is 25.5 Å². The van der Waals surface area contributed by atoms with Gasteiger partial charge in [-0.05, 0) is 48.5 Å². The second kappa shape index (κ2) is 11.1. The summed E-state index contributed by atoms with van der Waals surface area (Å²) in [6, 6.07) is 16.8. The molecule has 0 heterocycles. The Morgan fingerprint density at radius 1 is 0.971 bits per heavy atom. The second-order valence-corrected chi connectivity index (χ2v) is 9.28. The molecule has 3 aromatic rings. The van der Waals surface area contributed by atoms with Crippen LogP contribution in [-0.4, -0.2) is 38.8 Å². The maximum Gasteiger partial charge on any atom is 0.243 e. The van der Waals surface area contributed by atoms with Crippen molar-refractivity contribution >= 4 is 21.6 Å². The van der Waals surface area contributed by atoms with E-state index in [1.165, 1.54) is 53.9 Å². The van der Waals surface area contributed by atoms with E-state index in [0.29, 0.717) is 30.2 Å². The first-order chi connectivity index (χ1) is 16.3. The molecule has 0 fully saturated rings. The molecule has 7 nitrogen and oxygen atoms in total. The van der Waals surface area contributed by atoms with Gasteiger partial charge in [-0.2, -0.15) is 4.31 Å². The largest absolute Gasteiger partial charge is 0.496 e. The predicted octanol–water partition coefficient (Wildman–Crippen LogP) is 4.84. The van der Waals surface area contributed by atoms with Gasteiger partial charge in [0.05, 0.1) is 24.1 Å². The topological polar surface area (TPSA) is 84.9 Å². The Kier molecular flexibility index (Phi) is 8.25. The number of amides is 1. The Morgan fingerprint density at radius 2 is 1.65 bits per heavy atom. The number of sulfonamides is 1. The van der Waals surface area contributed by atoms with Gasteiger partial charge in [-0.1, -0.05) is 32.0 Å². The lowest BCUT2D eigenvalue weighted by Crippen LogP contribution is -2.30. The molecule has 0 aliphatic heterocycles. The molecule has 180 valence electrons. The quantitative estimate of drug-likeness (QED) is 0.443. The van der Waals surface area contributed by atoms with Gasteiger partial charge in [0, 0.05) is 18.7 Å². The molecule has 3 rings (SSSR count). The zero-order valence-electron chi connectivity index (χ0n) is 19.2. The van der Waals surface area contributed by atoms with E-state index in [9.17, 15) is 17.6 Å². The molecule has 1 amide bonds. The van der Waals surface area contributed by atoms with Gasteiger partial charge in [0.25, 0.3) is 0 Å². The number of para-hydroxylation sites is 1. The normalized spacial score (nSPS) is 11.3. The summed E-state index contributed by atoms with van der Waals surface area (Å²) >= 11 is 0. The van der Waals surface area contributed by atoms with Crippen molar-refractivity contribution in [2.45, 2.75) is 25.2 Å². The van der Waals surface area contributed by atoms with Crippen LogP contribution >= 0.6 is 0 Å². The standard InChI is InChI=1S/C25H27FN2O5S/c1-4-28(5-2)34(30,31)21-14-15-24(33-20-12-10-19(26)11-13-20)22(17-21)27-25(29)16-18-8-6-7-9-23(18)32-3/h6-15,17H,4-5,16H2,1-3H3,(H,27,29). The van der Waals surface area contributed by atoms with Gasteiger partial charge in [-0.3, -0.25) is 4.79 Å². The average molecular weight is 487 g/mol. The lowest BCUT2D eigenvalue weighted by atomic mass is 10.1. The number of nitrogens with zero attached hydrogens (tertiary/aromatic N) is 1. The van der Waals surface area contributed by atoms with Crippen LogP contribution in [0.3, 0.4) is 0 Å². The maximum atomic E-state index is 13.3. The van der Waals surface area contributed by atoms with Crippen molar-refractivity contribution in [2.24, 2.45) is 0 Å². The van der Waals surface area contributed by atoms with E-state index in [-0.39, 0.29) is 28.7 Å². The fourth-order valence-electron chi connectivity index (χ4n) is 3.41. The Morgan fingerprint density at radius 3 is 2.29 bits per heavy atom. The number of hydrogen-bond donors (Lipinski definition) is 1. The SMILES string of the molecule is CCN(CC)S(=O)(=O)c1ccc(Oc2ccc(F)cc2)c(NC(=O)Cc2ccccc2OC)c1. The van der Waals surface area contributed by atoms with E-state index in [4.69, 9.17) is 9.47 Å². The number of carbonyl (C=O) groups excluding carboxylic acids is 1. The predicted molar refractivity (Wildman–Crippen MR) is 128 cm³/mol. The molecule has 3 aromatic carbocycles. The Labute approximate surface area is 199 Å². The van der Waals surface area contributed by atoms with E-state index in [1.54, 1.807) is 38.1 Å². The van der Waals surface area contributed by atoms with Crippen molar-refractivity contribution in [3.63, 3.8) is 0 Å².